The van der Waals surface area contributed by atoms with Gasteiger partial charge in [-0.15, -0.1) is 0 Å². The summed E-state index contributed by atoms with van der Waals surface area (Å²) in [4.78, 5) is 4.03. The van der Waals surface area contributed by atoms with Gasteiger partial charge in [-0.2, -0.15) is 18.3 Å². The molecule has 0 bridgehead atoms. The molecule has 3 aromatic rings. The van der Waals surface area contributed by atoms with Crippen molar-refractivity contribution in [1.82, 2.24) is 14.8 Å². The van der Waals surface area contributed by atoms with E-state index in [9.17, 15) is 13.2 Å². The van der Waals surface area contributed by atoms with Crippen LogP contribution in [0.15, 0.2) is 48.8 Å². The number of anilines is 1. The van der Waals surface area contributed by atoms with Crippen LogP contribution in [-0.2, 0) is 12.6 Å². The van der Waals surface area contributed by atoms with Crippen LogP contribution in [0.2, 0.25) is 0 Å². The molecule has 0 saturated carbocycles. The van der Waals surface area contributed by atoms with Gasteiger partial charge in [-0.25, -0.2) is 4.68 Å². The van der Waals surface area contributed by atoms with Gasteiger partial charge in [0.1, 0.15) is 5.82 Å². The van der Waals surface area contributed by atoms with Crippen LogP contribution in [0.25, 0.3) is 16.9 Å². The molecule has 0 saturated heterocycles. The van der Waals surface area contributed by atoms with Crippen molar-refractivity contribution >= 4 is 5.82 Å². The Morgan fingerprint density at radius 2 is 1.85 bits per heavy atom. The third-order valence-corrected chi connectivity index (χ3v) is 4.50. The van der Waals surface area contributed by atoms with Crippen molar-refractivity contribution in [2.45, 2.75) is 25.4 Å². The molecular formula is C19H17F3N4. The van der Waals surface area contributed by atoms with E-state index >= 15 is 0 Å². The molecular weight excluding hydrogens is 341 g/mol. The summed E-state index contributed by atoms with van der Waals surface area (Å²) in [6, 6.07) is 8.99. The van der Waals surface area contributed by atoms with Crippen LogP contribution in [0.3, 0.4) is 0 Å². The Bertz CT molecular complexity index is 916. The van der Waals surface area contributed by atoms with Crippen molar-refractivity contribution in [3.05, 3.63) is 59.9 Å². The summed E-state index contributed by atoms with van der Waals surface area (Å²) in [5.41, 5.74) is 2.44. The number of hydrogen-bond acceptors (Lipinski definition) is 3. The molecule has 134 valence electrons. The molecule has 3 heterocycles. The number of nitrogens with one attached hydrogen (secondary N) is 1. The lowest BCUT2D eigenvalue weighted by Gasteiger charge is -2.12. The molecule has 7 heteroatoms. The van der Waals surface area contributed by atoms with E-state index in [4.69, 9.17) is 0 Å². The molecule has 0 radical (unpaired) electrons. The van der Waals surface area contributed by atoms with E-state index in [1.165, 1.54) is 6.07 Å². The minimum absolute atomic E-state index is 0.394. The lowest BCUT2D eigenvalue weighted by molar-refractivity contribution is -0.137. The summed E-state index contributed by atoms with van der Waals surface area (Å²) in [5.74, 6) is 0.772. The first kappa shape index (κ1) is 16.6. The van der Waals surface area contributed by atoms with Gasteiger partial charge in [0.05, 0.1) is 16.9 Å². The smallest absolute Gasteiger partial charge is 0.370 e. The number of benzene rings is 1. The lowest BCUT2D eigenvalue weighted by Crippen LogP contribution is -2.09. The van der Waals surface area contributed by atoms with Gasteiger partial charge in [-0.1, -0.05) is 6.07 Å². The second-order valence-electron chi connectivity index (χ2n) is 6.26. The fraction of sp³-hybridized carbons (Fsp3) is 0.263. The van der Waals surface area contributed by atoms with Crippen molar-refractivity contribution in [2.75, 3.05) is 11.9 Å². The Morgan fingerprint density at radius 1 is 1.04 bits per heavy atom. The molecule has 0 unspecified atom stereocenters. The minimum atomic E-state index is -4.39. The fourth-order valence-corrected chi connectivity index (χ4v) is 3.24. The molecule has 4 rings (SSSR count). The first-order chi connectivity index (χ1) is 12.5. The van der Waals surface area contributed by atoms with Gasteiger partial charge in [-0.05, 0) is 49.6 Å². The molecule has 1 aromatic carbocycles. The molecule has 0 fully saturated rings. The zero-order valence-electron chi connectivity index (χ0n) is 13.9. The first-order valence-corrected chi connectivity index (χ1v) is 8.48. The minimum Gasteiger partial charge on any atom is -0.370 e. The summed E-state index contributed by atoms with van der Waals surface area (Å²) in [5, 5.41) is 8.00. The zero-order chi connectivity index (χ0) is 18.1. The highest BCUT2D eigenvalue weighted by Crippen LogP contribution is 2.35. The highest BCUT2D eigenvalue weighted by atomic mass is 19.4. The summed E-state index contributed by atoms with van der Waals surface area (Å²) in [6.07, 6.45) is 1.84. The van der Waals surface area contributed by atoms with Crippen LogP contribution in [0.4, 0.5) is 19.0 Å². The first-order valence-electron chi connectivity index (χ1n) is 8.48. The Labute approximate surface area is 148 Å². The summed E-state index contributed by atoms with van der Waals surface area (Å²) in [6.45, 7) is 0.771. The SMILES string of the molecule is FC(F)(F)c1cccc(-n2nc(-c3ccncc3)c3c2NCCCC3)c1. The standard InChI is InChI=1S/C19H17F3N4/c20-19(21,22)14-4-3-5-15(12-14)26-18-16(6-1-2-9-24-18)17(25-26)13-7-10-23-11-8-13/h3-5,7-8,10-12,24H,1-2,6,9H2. The van der Waals surface area contributed by atoms with Gasteiger partial charge in [0.2, 0.25) is 0 Å². The molecule has 2 aromatic heterocycles. The Morgan fingerprint density at radius 3 is 2.62 bits per heavy atom. The van der Waals surface area contributed by atoms with Crippen LogP contribution >= 0.6 is 0 Å². The summed E-state index contributed by atoms with van der Waals surface area (Å²) in [7, 11) is 0. The Hall–Kier alpha value is -2.83. The third-order valence-electron chi connectivity index (χ3n) is 4.50. The van der Waals surface area contributed by atoms with Crippen molar-refractivity contribution in [1.29, 1.82) is 0 Å². The number of hydrogen-bond donors (Lipinski definition) is 1. The van der Waals surface area contributed by atoms with E-state index in [1.54, 1.807) is 23.1 Å². The molecule has 1 N–H and O–H groups in total. The monoisotopic (exact) mass is 358 g/mol. The van der Waals surface area contributed by atoms with Crippen molar-refractivity contribution < 1.29 is 13.2 Å². The van der Waals surface area contributed by atoms with Gasteiger partial charge in [0, 0.05) is 30.1 Å². The van der Waals surface area contributed by atoms with Gasteiger partial charge in [0.15, 0.2) is 0 Å². The second kappa shape index (κ2) is 6.48. The number of aromatic nitrogens is 3. The second-order valence-corrected chi connectivity index (χ2v) is 6.26. The Balaban J connectivity index is 1.89. The molecule has 1 aliphatic heterocycles. The summed E-state index contributed by atoms with van der Waals surface area (Å²) >= 11 is 0. The van der Waals surface area contributed by atoms with Crippen LogP contribution in [0.5, 0.6) is 0 Å². The Kier molecular flexibility index (Phi) is 4.14. The maximum absolute atomic E-state index is 13.1. The number of fused-ring (bicyclic) bond motifs is 1. The van der Waals surface area contributed by atoms with E-state index in [1.807, 2.05) is 12.1 Å². The van der Waals surface area contributed by atoms with Crippen LogP contribution in [0, 0.1) is 0 Å². The number of halogens is 3. The quantitative estimate of drug-likeness (QED) is 0.722. The van der Waals surface area contributed by atoms with Gasteiger partial charge >= 0.3 is 6.18 Å². The van der Waals surface area contributed by atoms with Crippen molar-refractivity contribution in [2.24, 2.45) is 0 Å². The average molecular weight is 358 g/mol. The van der Waals surface area contributed by atoms with Crippen LogP contribution in [-0.4, -0.2) is 21.3 Å². The van der Waals surface area contributed by atoms with Crippen LogP contribution < -0.4 is 5.32 Å². The number of rotatable bonds is 2. The van der Waals surface area contributed by atoms with E-state index < -0.39 is 11.7 Å². The fourth-order valence-electron chi connectivity index (χ4n) is 3.24. The highest BCUT2D eigenvalue weighted by molar-refractivity contribution is 5.71. The molecule has 0 spiro atoms. The van der Waals surface area contributed by atoms with E-state index in [2.05, 4.69) is 15.4 Å². The van der Waals surface area contributed by atoms with Crippen molar-refractivity contribution in [3.8, 4) is 16.9 Å². The van der Waals surface area contributed by atoms with E-state index in [0.717, 1.165) is 60.6 Å². The number of nitrogens with zero attached hydrogens (tertiary/aromatic N) is 3. The maximum Gasteiger partial charge on any atom is 0.416 e. The van der Waals surface area contributed by atoms with Gasteiger partial charge < -0.3 is 5.32 Å². The predicted octanol–water partition coefficient (Wildman–Crippen LogP) is 4.70. The molecule has 1 aliphatic rings. The number of pyridine rings is 1. The highest BCUT2D eigenvalue weighted by Gasteiger charge is 2.31. The normalized spacial score (nSPS) is 14.4. The molecule has 0 aliphatic carbocycles. The summed E-state index contributed by atoms with van der Waals surface area (Å²) < 4.78 is 40.9. The van der Waals surface area contributed by atoms with Gasteiger partial charge in [-0.3, -0.25) is 4.98 Å². The number of alkyl halides is 3. The third kappa shape index (κ3) is 3.05. The maximum atomic E-state index is 13.1. The molecule has 0 amide bonds. The molecule has 26 heavy (non-hydrogen) atoms. The lowest BCUT2D eigenvalue weighted by atomic mass is 10.0. The molecule has 4 nitrogen and oxygen atoms in total. The predicted molar refractivity (Wildman–Crippen MR) is 93.2 cm³/mol. The largest absolute Gasteiger partial charge is 0.416 e. The van der Waals surface area contributed by atoms with E-state index in [-0.39, 0.29) is 0 Å². The van der Waals surface area contributed by atoms with Gasteiger partial charge in [0.25, 0.3) is 0 Å². The van der Waals surface area contributed by atoms with Crippen molar-refractivity contribution in [3.63, 3.8) is 0 Å². The van der Waals surface area contributed by atoms with E-state index in [0.29, 0.717) is 5.69 Å². The average Bonchev–Trinajstić information content (AvgIpc) is 2.83. The zero-order valence-corrected chi connectivity index (χ0v) is 13.9. The van der Waals surface area contributed by atoms with Crippen LogP contribution in [0.1, 0.15) is 24.0 Å². The topological polar surface area (TPSA) is 42.7 Å². The molecule has 0 atom stereocenters.